The quantitative estimate of drug-likeness (QED) is 0.637. The van der Waals surface area contributed by atoms with E-state index in [4.69, 9.17) is 9.15 Å². The molecule has 1 saturated heterocycles. The van der Waals surface area contributed by atoms with E-state index in [9.17, 15) is 9.59 Å². The highest BCUT2D eigenvalue weighted by atomic mass is 16.5. The number of furan rings is 1. The number of benzene rings is 1. The predicted molar refractivity (Wildman–Crippen MR) is 120 cm³/mol. The summed E-state index contributed by atoms with van der Waals surface area (Å²) in [5.74, 6) is 0.261. The molecule has 2 heterocycles. The number of ether oxygens (including phenoxy) is 1. The molecule has 1 aliphatic heterocycles. The number of carbonyl (C=O) groups excluding carboxylic acids is 2. The third-order valence-corrected chi connectivity index (χ3v) is 6.07. The molecular weight excluding hydrogens is 394 g/mol. The van der Waals surface area contributed by atoms with Crippen LogP contribution in [0.1, 0.15) is 53.2 Å². The number of amides is 2. The highest BCUT2D eigenvalue weighted by molar-refractivity contribution is 6.03. The summed E-state index contributed by atoms with van der Waals surface area (Å²) in [5, 5.41) is 5.95. The molecule has 2 amide bonds. The molecule has 1 aliphatic rings. The molecule has 0 bridgehead atoms. The second-order valence-electron chi connectivity index (χ2n) is 7.96. The minimum Gasteiger partial charge on any atom is -0.459 e. The van der Waals surface area contributed by atoms with Gasteiger partial charge in [-0.3, -0.25) is 14.5 Å². The van der Waals surface area contributed by atoms with Gasteiger partial charge < -0.3 is 19.8 Å². The first kappa shape index (κ1) is 23.0. The van der Waals surface area contributed by atoms with Crippen LogP contribution < -0.4 is 10.6 Å². The third kappa shape index (κ3) is 5.95. The van der Waals surface area contributed by atoms with Gasteiger partial charge in [-0.1, -0.05) is 32.8 Å². The van der Waals surface area contributed by atoms with Crippen molar-refractivity contribution in [3.05, 3.63) is 53.5 Å². The van der Waals surface area contributed by atoms with Crippen LogP contribution in [0.15, 0.2) is 41.0 Å². The minimum absolute atomic E-state index is 0.141. The van der Waals surface area contributed by atoms with Crippen molar-refractivity contribution in [1.29, 1.82) is 0 Å². The van der Waals surface area contributed by atoms with Crippen LogP contribution in [0.25, 0.3) is 0 Å². The van der Waals surface area contributed by atoms with Gasteiger partial charge in [-0.2, -0.15) is 0 Å². The molecule has 1 aromatic heterocycles. The molecule has 31 heavy (non-hydrogen) atoms. The van der Waals surface area contributed by atoms with Crippen molar-refractivity contribution in [2.24, 2.45) is 5.92 Å². The van der Waals surface area contributed by atoms with E-state index >= 15 is 0 Å². The van der Waals surface area contributed by atoms with Crippen molar-refractivity contribution >= 4 is 17.5 Å². The lowest BCUT2D eigenvalue weighted by molar-refractivity contribution is 0.00191. The topological polar surface area (TPSA) is 83.8 Å². The molecule has 0 spiro atoms. The van der Waals surface area contributed by atoms with Crippen molar-refractivity contribution in [1.82, 2.24) is 10.2 Å². The number of nitrogens with one attached hydrogen (secondary N) is 2. The molecule has 2 N–H and O–H groups in total. The Morgan fingerprint density at radius 1 is 1.10 bits per heavy atom. The summed E-state index contributed by atoms with van der Waals surface area (Å²) in [6.07, 6.45) is 3.60. The first-order valence-corrected chi connectivity index (χ1v) is 11.1. The fourth-order valence-electron chi connectivity index (χ4n) is 4.12. The Bertz CT molecular complexity index is 856. The number of hydrogen-bond donors (Lipinski definition) is 2. The molecule has 168 valence electrons. The highest BCUT2D eigenvalue weighted by Crippen LogP contribution is 2.21. The van der Waals surface area contributed by atoms with E-state index < -0.39 is 0 Å². The molecule has 0 aliphatic carbocycles. The molecule has 1 fully saturated rings. The number of carbonyl (C=O) groups is 2. The Kier molecular flexibility index (Phi) is 8.26. The Labute approximate surface area is 184 Å². The molecule has 7 nitrogen and oxygen atoms in total. The van der Waals surface area contributed by atoms with Crippen molar-refractivity contribution in [2.75, 3.05) is 38.2 Å². The minimum atomic E-state index is -0.341. The second kappa shape index (κ2) is 11.1. The largest absolute Gasteiger partial charge is 0.459 e. The SMILES string of the molecule is CCC(CC)C(CNC(=O)c1ccc(C)c(NC(=O)c2ccco2)c1)N1CCOCC1. The predicted octanol–water partition coefficient (Wildman–Crippen LogP) is 3.71. The van der Waals surface area contributed by atoms with E-state index in [1.807, 2.05) is 13.0 Å². The lowest BCUT2D eigenvalue weighted by atomic mass is 9.92. The fraction of sp³-hybridized carbons (Fsp3) is 0.500. The van der Waals surface area contributed by atoms with Crippen molar-refractivity contribution in [3.8, 4) is 0 Å². The van der Waals surface area contributed by atoms with Gasteiger partial charge in [0.05, 0.1) is 19.5 Å². The number of nitrogens with zero attached hydrogens (tertiary/aromatic N) is 1. The van der Waals surface area contributed by atoms with Gasteiger partial charge in [0.15, 0.2) is 5.76 Å². The van der Waals surface area contributed by atoms with Gasteiger partial charge in [0.25, 0.3) is 11.8 Å². The van der Waals surface area contributed by atoms with Gasteiger partial charge in [0.2, 0.25) is 0 Å². The second-order valence-corrected chi connectivity index (χ2v) is 7.96. The first-order valence-electron chi connectivity index (χ1n) is 11.1. The fourth-order valence-corrected chi connectivity index (χ4v) is 4.12. The first-order chi connectivity index (χ1) is 15.0. The summed E-state index contributed by atoms with van der Waals surface area (Å²) in [5.41, 5.74) is 1.99. The maximum Gasteiger partial charge on any atom is 0.291 e. The van der Waals surface area contributed by atoms with Crippen LogP contribution in [0.3, 0.4) is 0 Å². The summed E-state index contributed by atoms with van der Waals surface area (Å²) in [6, 6.07) is 8.89. The number of rotatable bonds is 9. The van der Waals surface area contributed by atoms with Crippen LogP contribution in [0.4, 0.5) is 5.69 Å². The molecule has 7 heteroatoms. The van der Waals surface area contributed by atoms with Crippen molar-refractivity contribution < 1.29 is 18.7 Å². The Morgan fingerprint density at radius 2 is 1.84 bits per heavy atom. The van der Waals surface area contributed by atoms with Crippen molar-refractivity contribution in [2.45, 2.75) is 39.7 Å². The lowest BCUT2D eigenvalue weighted by Crippen LogP contribution is -2.52. The molecule has 3 rings (SSSR count). The van der Waals surface area contributed by atoms with E-state index in [1.165, 1.54) is 6.26 Å². The zero-order valence-electron chi connectivity index (χ0n) is 18.6. The van der Waals surface area contributed by atoms with Crippen LogP contribution >= 0.6 is 0 Å². The number of anilines is 1. The Balaban J connectivity index is 1.67. The van der Waals surface area contributed by atoms with Gasteiger partial charge in [-0.15, -0.1) is 0 Å². The normalized spacial score (nSPS) is 15.6. The van der Waals surface area contributed by atoms with E-state index in [1.54, 1.807) is 24.3 Å². The van der Waals surface area contributed by atoms with Gasteiger partial charge in [0, 0.05) is 36.9 Å². The van der Waals surface area contributed by atoms with E-state index in [0.29, 0.717) is 23.7 Å². The molecule has 0 saturated carbocycles. The number of morpholine rings is 1. The monoisotopic (exact) mass is 427 g/mol. The maximum atomic E-state index is 12.9. The molecular formula is C24H33N3O4. The zero-order chi connectivity index (χ0) is 22.2. The van der Waals surface area contributed by atoms with Gasteiger partial charge in [-0.25, -0.2) is 0 Å². The maximum absolute atomic E-state index is 12.9. The summed E-state index contributed by atoms with van der Waals surface area (Å²) in [7, 11) is 0. The molecule has 2 aromatic rings. The van der Waals surface area contributed by atoms with Gasteiger partial charge >= 0.3 is 0 Å². The molecule has 0 radical (unpaired) electrons. The molecule has 1 aromatic carbocycles. The van der Waals surface area contributed by atoms with E-state index in [2.05, 4.69) is 29.4 Å². The van der Waals surface area contributed by atoms with Crippen LogP contribution in [0.5, 0.6) is 0 Å². The average molecular weight is 428 g/mol. The Morgan fingerprint density at radius 3 is 2.48 bits per heavy atom. The number of hydrogen-bond acceptors (Lipinski definition) is 5. The van der Waals surface area contributed by atoms with Crippen LogP contribution in [-0.4, -0.2) is 55.6 Å². The molecule has 1 unspecified atom stereocenters. The summed E-state index contributed by atoms with van der Waals surface area (Å²) < 4.78 is 10.7. The van der Waals surface area contributed by atoms with Crippen LogP contribution in [-0.2, 0) is 4.74 Å². The summed E-state index contributed by atoms with van der Waals surface area (Å²) in [4.78, 5) is 27.7. The average Bonchev–Trinajstić information content (AvgIpc) is 3.33. The van der Waals surface area contributed by atoms with Crippen LogP contribution in [0.2, 0.25) is 0 Å². The lowest BCUT2D eigenvalue weighted by Gasteiger charge is -2.38. The zero-order valence-corrected chi connectivity index (χ0v) is 18.6. The van der Waals surface area contributed by atoms with E-state index in [-0.39, 0.29) is 23.6 Å². The number of aryl methyl sites for hydroxylation is 1. The van der Waals surface area contributed by atoms with Gasteiger partial charge in [-0.05, 0) is 42.7 Å². The smallest absolute Gasteiger partial charge is 0.291 e. The van der Waals surface area contributed by atoms with Crippen LogP contribution in [0, 0.1) is 12.8 Å². The van der Waals surface area contributed by atoms with Crippen molar-refractivity contribution in [3.63, 3.8) is 0 Å². The van der Waals surface area contributed by atoms with E-state index in [0.717, 1.165) is 44.7 Å². The summed E-state index contributed by atoms with van der Waals surface area (Å²) >= 11 is 0. The highest BCUT2D eigenvalue weighted by Gasteiger charge is 2.27. The Hall–Kier alpha value is -2.64. The third-order valence-electron chi connectivity index (χ3n) is 6.07. The van der Waals surface area contributed by atoms with Gasteiger partial charge in [0.1, 0.15) is 0 Å². The standard InChI is InChI=1S/C24H33N3O4/c1-4-18(5-2)21(27-10-13-30-14-11-27)16-25-23(28)19-9-8-17(3)20(15-19)26-24(29)22-7-6-12-31-22/h6-9,12,15,18,21H,4-5,10-11,13-14,16H2,1-3H3,(H,25,28)(H,26,29). The summed E-state index contributed by atoms with van der Waals surface area (Å²) in [6.45, 7) is 10.2. The molecule has 1 atom stereocenters.